The van der Waals surface area contributed by atoms with E-state index in [0.717, 1.165) is 19.4 Å². The van der Waals surface area contributed by atoms with Crippen molar-refractivity contribution < 1.29 is 33.3 Å². The van der Waals surface area contributed by atoms with E-state index in [4.69, 9.17) is 31.2 Å². The number of hydrogen-bond acceptors (Lipinski definition) is 11. The van der Waals surface area contributed by atoms with E-state index in [2.05, 4.69) is 27.2 Å². The second kappa shape index (κ2) is 12.8. The van der Waals surface area contributed by atoms with Crippen molar-refractivity contribution in [2.45, 2.75) is 84.3 Å². The van der Waals surface area contributed by atoms with Gasteiger partial charge in [-0.1, -0.05) is 44.8 Å². The standard InChI is InChI=1S/C23H33N5O7S/c1-5-6-7-8-9-10-24-23-26-20-17(21(36)27-23)25-12-28(20)22-19(34-15(4)31)18(33-14(3)30)16(35-22)11-32-13(2)29/h12,16,18-19,22H,5-11H2,1-4H3,(H2,24,26,27,36)/t16-,18+,19?,22-/m1/s1. The summed E-state index contributed by atoms with van der Waals surface area (Å²) in [5, 5.41) is 3.25. The lowest BCUT2D eigenvalue weighted by Gasteiger charge is -2.23. The minimum absolute atomic E-state index is 0.198. The van der Waals surface area contributed by atoms with Gasteiger partial charge in [0.25, 0.3) is 0 Å². The van der Waals surface area contributed by atoms with Crippen molar-refractivity contribution in [1.29, 1.82) is 0 Å². The van der Waals surface area contributed by atoms with Crippen molar-refractivity contribution in [2.75, 3.05) is 18.5 Å². The summed E-state index contributed by atoms with van der Waals surface area (Å²) in [6.07, 6.45) is 3.28. The molecule has 2 aromatic heterocycles. The Bertz CT molecular complexity index is 1130. The molecular formula is C23H33N5O7S. The van der Waals surface area contributed by atoms with Crippen molar-refractivity contribution in [2.24, 2.45) is 0 Å². The molecule has 1 saturated heterocycles. The van der Waals surface area contributed by atoms with E-state index in [-0.39, 0.29) is 11.2 Å². The first kappa shape index (κ1) is 27.5. The lowest BCUT2D eigenvalue weighted by Crippen LogP contribution is -2.40. The molecule has 0 spiro atoms. The third-order valence-electron chi connectivity index (χ3n) is 5.63. The Morgan fingerprint density at radius 2 is 1.78 bits per heavy atom. The van der Waals surface area contributed by atoms with E-state index in [1.54, 1.807) is 4.57 Å². The molecule has 12 nitrogen and oxygen atoms in total. The number of anilines is 1. The molecule has 0 aromatic carbocycles. The predicted molar refractivity (Wildman–Crippen MR) is 132 cm³/mol. The molecule has 0 bridgehead atoms. The number of ether oxygens (including phenoxy) is 4. The monoisotopic (exact) mass is 523 g/mol. The molecule has 1 aliphatic heterocycles. The quantitative estimate of drug-likeness (QED) is 0.183. The van der Waals surface area contributed by atoms with E-state index in [9.17, 15) is 14.4 Å². The summed E-state index contributed by atoms with van der Waals surface area (Å²) in [5.74, 6) is -1.25. The van der Waals surface area contributed by atoms with E-state index in [1.807, 2.05) is 0 Å². The average Bonchev–Trinajstić information content (AvgIpc) is 3.36. The fourth-order valence-electron chi connectivity index (χ4n) is 4.06. The van der Waals surface area contributed by atoms with Gasteiger partial charge in [0.1, 0.15) is 23.9 Å². The van der Waals surface area contributed by atoms with Gasteiger partial charge in [0.15, 0.2) is 23.1 Å². The molecule has 0 saturated carbocycles. The van der Waals surface area contributed by atoms with Crippen LogP contribution in [-0.4, -0.2) is 68.9 Å². The highest BCUT2D eigenvalue weighted by Crippen LogP contribution is 2.36. The number of aromatic amines is 1. The van der Waals surface area contributed by atoms with Gasteiger partial charge >= 0.3 is 17.9 Å². The smallest absolute Gasteiger partial charge is 0.303 e. The summed E-state index contributed by atoms with van der Waals surface area (Å²) in [6, 6.07) is 0. The average molecular weight is 524 g/mol. The van der Waals surface area contributed by atoms with Gasteiger partial charge in [0, 0.05) is 27.3 Å². The third kappa shape index (κ3) is 7.00. The highest BCUT2D eigenvalue weighted by Gasteiger charge is 2.51. The van der Waals surface area contributed by atoms with Gasteiger partial charge in [-0.15, -0.1) is 0 Å². The molecule has 3 rings (SSSR count). The molecule has 1 aliphatic rings. The number of rotatable bonds is 12. The number of imidazole rings is 1. The minimum Gasteiger partial charge on any atom is -0.463 e. The van der Waals surface area contributed by atoms with Crippen LogP contribution in [0.5, 0.6) is 0 Å². The number of fused-ring (bicyclic) bond motifs is 1. The van der Waals surface area contributed by atoms with Crippen LogP contribution >= 0.6 is 12.2 Å². The molecule has 2 aromatic rings. The normalized spacial score (nSPS) is 21.3. The third-order valence-corrected chi connectivity index (χ3v) is 5.92. The van der Waals surface area contributed by atoms with E-state index < -0.39 is 42.4 Å². The molecule has 0 amide bonds. The Labute approximate surface area is 214 Å². The maximum absolute atomic E-state index is 11.9. The molecule has 36 heavy (non-hydrogen) atoms. The van der Waals surface area contributed by atoms with Crippen LogP contribution in [0.4, 0.5) is 5.95 Å². The summed E-state index contributed by atoms with van der Waals surface area (Å²) in [4.78, 5) is 47.1. The maximum Gasteiger partial charge on any atom is 0.303 e. The summed E-state index contributed by atoms with van der Waals surface area (Å²) < 4.78 is 24.0. The molecule has 13 heteroatoms. The predicted octanol–water partition coefficient (Wildman–Crippen LogP) is 3.20. The first-order valence-corrected chi connectivity index (χ1v) is 12.5. The van der Waals surface area contributed by atoms with Gasteiger partial charge in [-0.05, 0) is 6.42 Å². The number of aromatic nitrogens is 4. The van der Waals surface area contributed by atoms with Crippen LogP contribution in [0.1, 0.15) is 66.0 Å². The van der Waals surface area contributed by atoms with Crippen LogP contribution in [0.25, 0.3) is 11.2 Å². The fourth-order valence-corrected chi connectivity index (χ4v) is 4.31. The van der Waals surface area contributed by atoms with Crippen molar-refractivity contribution >= 4 is 47.2 Å². The fraction of sp³-hybridized carbons (Fsp3) is 0.652. The number of carbonyl (C=O) groups excluding carboxylic acids is 3. The Kier molecular flexibility index (Phi) is 9.76. The van der Waals surface area contributed by atoms with Crippen LogP contribution in [0.2, 0.25) is 0 Å². The largest absolute Gasteiger partial charge is 0.463 e. The molecular weight excluding hydrogens is 490 g/mol. The number of carbonyl (C=O) groups is 3. The summed E-state index contributed by atoms with van der Waals surface area (Å²) >= 11 is 5.44. The van der Waals surface area contributed by atoms with E-state index in [1.165, 1.54) is 46.4 Å². The van der Waals surface area contributed by atoms with Gasteiger partial charge < -0.3 is 29.2 Å². The van der Waals surface area contributed by atoms with Gasteiger partial charge in [-0.2, -0.15) is 0 Å². The lowest BCUT2D eigenvalue weighted by atomic mass is 10.1. The molecule has 2 N–H and O–H groups in total. The number of nitrogens with one attached hydrogen (secondary N) is 2. The first-order valence-electron chi connectivity index (χ1n) is 12.0. The van der Waals surface area contributed by atoms with Crippen LogP contribution < -0.4 is 5.32 Å². The topological polar surface area (TPSA) is 147 Å². The van der Waals surface area contributed by atoms with Gasteiger partial charge in [-0.3, -0.25) is 19.0 Å². The van der Waals surface area contributed by atoms with Crippen molar-refractivity contribution in [3.63, 3.8) is 0 Å². The molecule has 1 fully saturated rings. The zero-order valence-corrected chi connectivity index (χ0v) is 21.8. The van der Waals surface area contributed by atoms with Crippen LogP contribution in [0, 0.1) is 4.64 Å². The van der Waals surface area contributed by atoms with Gasteiger partial charge in [0.2, 0.25) is 5.95 Å². The van der Waals surface area contributed by atoms with E-state index >= 15 is 0 Å². The Balaban J connectivity index is 1.90. The Morgan fingerprint density at radius 1 is 1.08 bits per heavy atom. The number of esters is 3. The Hall–Kier alpha value is -3.06. The zero-order valence-electron chi connectivity index (χ0n) is 20.9. The van der Waals surface area contributed by atoms with E-state index in [0.29, 0.717) is 17.1 Å². The lowest BCUT2D eigenvalue weighted by molar-refractivity contribution is -0.166. The molecule has 4 atom stereocenters. The zero-order chi connectivity index (χ0) is 26.2. The molecule has 3 heterocycles. The maximum atomic E-state index is 11.9. The van der Waals surface area contributed by atoms with Gasteiger partial charge in [-0.25, -0.2) is 9.97 Å². The van der Waals surface area contributed by atoms with Crippen molar-refractivity contribution in [3.05, 3.63) is 11.0 Å². The molecule has 1 unspecified atom stereocenters. The van der Waals surface area contributed by atoms with Crippen LogP contribution in [0.3, 0.4) is 0 Å². The molecule has 0 aliphatic carbocycles. The highest BCUT2D eigenvalue weighted by molar-refractivity contribution is 7.71. The first-order chi connectivity index (χ1) is 17.2. The number of nitrogens with zero attached hydrogens (tertiary/aromatic N) is 3. The number of hydrogen-bond donors (Lipinski definition) is 2. The van der Waals surface area contributed by atoms with Crippen LogP contribution in [0.15, 0.2) is 6.33 Å². The summed E-state index contributed by atoms with van der Waals surface area (Å²) in [6.45, 7) is 6.43. The summed E-state index contributed by atoms with van der Waals surface area (Å²) in [7, 11) is 0. The van der Waals surface area contributed by atoms with Crippen molar-refractivity contribution in [3.8, 4) is 0 Å². The van der Waals surface area contributed by atoms with Crippen LogP contribution in [-0.2, 0) is 33.3 Å². The minimum atomic E-state index is -1.03. The number of H-pyrrole nitrogens is 1. The molecule has 198 valence electrons. The SMILES string of the molecule is CCCCCCCNc1nc(=S)c2ncn([C@@H]3O[C@H](COC(C)=O)[C@H](OC(C)=O)C3OC(C)=O)c2[nH]1. The Morgan fingerprint density at radius 3 is 2.44 bits per heavy atom. The summed E-state index contributed by atoms with van der Waals surface area (Å²) in [5.41, 5.74) is 0.913. The number of unbranched alkanes of at least 4 members (excludes halogenated alkanes) is 4. The highest BCUT2D eigenvalue weighted by atomic mass is 32.1. The second-order valence-corrected chi connectivity index (χ2v) is 8.98. The second-order valence-electron chi connectivity index (χ2n) is 8.60. The molecule has 0 radical (unpaired) electrons. The van der Waals surface area contributed by atoms with Crippen molar-refractivity contribution in [1.82, 2.24) is 19.5 Å². The van der Waals surface area contributed by atoms with Gasteiger partial charge in [0.05, 0.1) is 6.33 Å².